The Bertz CT molecular complexity index is 1120. The number of hydrogen-bond acceptors (Lipinski definition) is 6. The molecule has 2 aromatic carbocycles. The van der Waals surface area contributed by atoms with E-state index in [2.05, 4.69) is 31.2 Å². The Kier molecular flexibility index (Phi) is 4.91. The van der Waals surface area contributed by atoms with Crippen LogP contribution < -0.4 is 9.47 Å². The second-order valence-corrected chi connectivity index (χ2v) is 7.52. The normalized spacial score (nSPS) is 11.4. The number of methoxy groups -OCH3 is 2. The minimum Gasteiger partial charge on any atom is -0.493 e. The molecule has 136 valence electrons. The van der Waals surface area contributed by atoms with Gasteiger partial charge in [0.2, 0.25) is 4.96 Å². The molecule has 0 aliphatic heterocycles. The fourth-order valence-corrected chi connectivity index (χ4v) is 3.61. The van der Waals surface area contributed by atoms with E-state index >= 15 is 0 Å². The van der Waals surface area contributed by atoms with Gasteiger partial charge in [-0.1, -0.05) is 51.5 Å². The first-order chi connectivity index (χ1) is 13.2. The number of halogens is 1. The largest absolute Gasteiger partial charge is 0.493 e. The van der Waals surface area contributed by atoms with Crippen LogP contribution in [0.4, 0.5) is 0 Å². The van der Waals surface area contributed by atoms with E-state index in [4.69, 9.17) is 9.47 Å². The van der Waals surface area contributed by atoms with Crippen molar-refractivity contribution in [2.75, 3.05) is 14.2 Å². The van der Waals surface area contributed by atoms with E-state index in [1.165, 1.54) is 11.3 Å². The smallest absolute Gasteiger partial charge is 0.235 e. The molecule has 0 radical (unpaired) electrons. The van der Waals surface area contributed by atoms with Gasteiger partial charge in [-0.15, -0.1) is 10.2 Å². The summed E-state index contributed by atoms with van der Waals surface area (Å²) in [5.41, 5.74) is 1.96. The Hall–Kier alpha value is -2.71. The zero-order valence-electron chi connectivity index (χ0n) is 14.6. The summed E-state index contributed by atoms with van der Waals surface area (Å²) in [7, 11) is 3.24. The highest BCUT2D eigenvalue weighted by molar-refractivity contribution is 9.10. The van der Waals surface area contributed by atoms with Crippen LogP contribution in [-0.2, 0) is 0 Å². The molecule has 4 aromatic rings. The first-order valence-electron chi connectivity index (χ1n) is 8.06. The molecule has 0 N–H and O–H groups in total. The molecule has 0 atom stereocenters. The fourth-order valence-electron chi connectivity index (χ4n) is 2.60. The number of hydrogen-bond donors (Lipinski definition) is 0. The zero-order chi connectivity index (χ0) is 18.8. The average Bonchev–Trinajstić information content (AvgIpc) is 3.27. The molecule has 8 heteroatoms. The standard InChI is InChI=1S/C19H15BrN4O2S/c1-25-15-9-3-12(11-16(15)26-2)4-10-17-23-24-18(21-22-19(24)27-17)13-5-7-14(20)8-6-13/h3-11H,1-2H3/b10-4+. The molecular formula is C19H15BrN4O2S. The van der Waals surface area contributed by atoms with Gasteiger partial charge in [0.1, 0.15) is 5.01 Å². The van der Waals surface area contributed by atoms with Crippen molar-refractivity contribution >= 4 is 44.4 Å². The van der Waals surface area contributed by atoms with E-state index in [0.717, 1.165) is 31.4 Å². The summed E-state index contributed by atoms with van der Waals surface area (Å²) in [6.45, 7) is 0. The minimum absolute atomic E-state index is 0.690. The predicted molar refractivity (Wildman–Crippen MR) is 110 cm³/mol. The fraction of sp³-hybridized carbons (Fsp3) is 0.105. The van der Waals surface area contributed by atoms with Gasteiger partial charge in [-0.2, -0.15) is 9.61 Å². The second-order valence-electron chi connectivity index (χ2n) is 5.61. The van der Waals surface area contributed by atoms with Crippen molar-refractivity contribution in [3.63, 3.8) is 0 Å². The Labute approximate surface area is 168 Å². The lowest BCUT2D eigenvalue weighted by atomic mass is 10.2. The molecule has 0 bridgehead atoms. The van der Waals surface area contributed by atoms with Crippen LogP contribution in [0.2, 0.25) is 0 Å². The molecule has 0 aliphatic rings. The summed E-state index contributed by atoms with van der Waals surface area (Å²) in [6.07, 6.45) is 3.93. The number of ether oxygens (including phenoxy) is 2. The van der Waals surface area contributed by atoms with E-state index in [-0.39, 0.29) is 0 Å². The predicted octanol–water partition coefficient (Wildman–Crippen LogP) is 4.80. The van der Waals surface area contributed by atoms with Gasteiger partial charge in [0, 0.05) is 10.0 Å². The van der Waals surface area contributed by atoms with E-state index in [0.29, 0.717) is 11.5 Å². The molecule has 0 spiro atoms. The van der Waals surface area contributed by atoms with Crippen LogP contribution in [-0.4, -0.2) is 34.0 Å². The maximum Gasteiger partial charge on any atom is 0.235 e. The van der Waals surface area contributed by atoms with Crippen LogP contribution in [0.25, 0.3) is 28.5 Å². The topological polar surface area (TPSA) is 61.5 Å². The highest BCUT2D eigenvalue weighted by Crippen LogP contribution is 2.29. The number of fused-ring (bicyclic) bond motifs is 1. The van der Waals surface area contributed by atoms with Crippen molar-refractivity contribution in [2.24, 2.45) is 0 Å². The SMILES string of the molecule is COc1ccc(/C=C/c2nn3c(-c4ccc(Br)cc4)nnc3s2)cc1OC. The third-order valence-corrected chi connectivity index (χ3v) is 5.33. The molecule has 0 saturated carbocycles. The Morgan fingerprint density at radius 2 is 1.74 bits per heavy atom. The lowest BCUT2D eigenvalue weighted by Crippen LogP contribution is -1.91. The lowest BCUT2D eigenvalue weighted by molar-refractivity contribution is 0.355. The van der Waals surface area contributed by atoms with E-state index in [1.807, 2.05) is 54.6 Å². The zero-order valence-corrected chi connectivity index (χ0v) is 17.0. The molecule has 0 aliphatic carbocycles. The maximum absolute atomic E-state index is 5.34. The van der Waals surface area contributed by atoms with Crippen molar-refractivity contribution in [3.8, 4) is 22.9 Å². The van der Waals surface area contributed by atoms with Crippen LogP contribution in [0.1, 0.15) is 10.6 Å². The Morgan fingerprint density at radius 1 is 0.963 bits per heavy atom. The average molecular weight is 443 g/mol. The van der Waals surface area contributed by atoms with E-state index in [9.17, 15) is 0 Å². The summed E-state index contributed by atoms with van der Waals surface area (Å²) < 4.78 is 13.4. The monoisotopic (exact) mass is 442 g/mol. The number of benzene rings is 2. The van der Waals surface area contributed by atoms with Gasteiger partial charge in [0.05, 0.1) is 14.2 Å². The van der Waals surface area contributed by atoms with Crippen LogP contribution in [0.15, 0.2) is 46.9 Å². The quantitative estimate of drug-likeness (QED) is 0.443. The maximum atomic E-state index is 5.34. The van der Waals surface area contributed by atoms with Gasteiger partial charge in [0.25, 0.3) is 0 Å². The highest BCUT2D eigenvalue weighted by Gasteiger charge is 2.12. The molecule has 6 nitrogen and oxygen atoms in total. The van der Waals surface area contributed by atoms with Crippen LogP contribution in [0.3, 0.4) is 0 Å². The molecule has 0 amide bonds. The van der Waals surface area contributed by atoms with Gasteiger partial charge >= 0.3 is 0 Å². The molecular weight excluding hydrogens is 428 g/mol. The lowest BCUT2D eigenvalue weighted by Gasteiger charge is -2.07. The molecule has 27 heavy (non-hydrogen) atoms. The third-order valence-electron chi connectivity index (χ3n) is 3.93. The molecule has 2 aromatic heterocycles. The molecule has 2 heterocycles. The highest BCUT2D eigenvalue weighted by atomic mass is 79.9. The van der Waals surface area contributed by atoms with Crippen LogP contribution >= 0.6 is 27.3 Å². The van der Waals surface area contributed by atoms with Crippen LogP contribution in [0, 0.1) is 0 Å². The Morgan fingerprint density at radius 3 is 2.48 bits per heavy atom. The van der Waals surface area contributed by atoms with Crippen molar-refractivity contribution in [2.45, 2.75) is 0 Å². The number of aromatic nitrogens is 4. The summed E-state index contributed by atoms with van der Waals surface area (Å²) >= 11 is 4.92. The first-order valence-corrected chi connectivity index (χ1v) is 9.67. The minimum atomic E-state index is 0.690. The first kappa shape index (κ1) is 17.7. The molecule has 0 saturated heterocycles. The molecule has 4 rings (SSSR count). The van der Waals surface area contributed by atoms with Gasteiger partial charge in [-0.05, 0) is 35.9 Å². The van der Waals surface area contributed by atoms with Crippen molar-refractivity contribution in [1.29, 1.82) is 0 Å². The van der Waals surface area contributed by atoms with Gasteiger partial charge in [0.15, 0.2) is 17.3 Å². The van der Waals surface area contributed by atoms with Crippen LogP contribution in [0.5, 0.6) is 11.5 Å². The number of nitrogens with zero attached hydrogens (tertiary/aromatic N) is 4. The summed E-state index contributed by atoms with van der Waals surface area (Å²) in [5.74, 6) is 2.11. The summed E-state index contributed by atoms with van der Waals surface area (Å²) in [4.78, 5) is 0.750. The van der Waals surface area contributed by atoms with Gasteiger partial charge in [-0.25, -0.2) is 0 Å². The van der Waals surface area contributed by atoms with Crippen molar-refractivity contribution in [1.82, 2.24) is 19.8 Å². The Balaban J connectivity index is 1.63. The van der Waals surface area contributed by atoms with Crippen molar-refractivity contribution < 1.29 is 9.47 Å². The van der Waals surface area contributed by atoms with E-state index < -0.39 is 0 Å². The third kappa shape index (κ3) is 3.58. The summed E-state index contributed by atoms with van der Waals surface area (Å²) in [5, 5.41) is 13.9. The van der Waals surface area contributed by atoms with E-state index in [1.54, 1.807) is 18.7 Å². The number of rotatable bonds is 5. The molecule has 0 unspecified atom stereocenters. The van der Waals surface area contributed by atoms with Gasteiger partial charge in [-0.3, -0.25) is 0 Å². The summed E-state index contributed by atoms with van der Waals surface area (Å²) in [6, 6.07) is 13.7. The van der Waals surface area contributed by atoms with Gasteiger partial charge < -0.3 is 9.47 Å². The second kappa shape index (κ2) is 7.50. The molecule has 0 fully saturated rings. The van der Waals surface area contributed by atoms with Crippen molar-refractivity contribution in [3.05, 3.63) is 57.5 Å².